The third kappa shape index (κ3) is 3.08. The molecular formula is C27H43NO2. The Morgan fingerprint density at radius 3 is 2.50 bits per heavy atom. The molecule has 6 unspecified atom stereocenters. The van der Waals surface area contributed by atoms with Crippen LogP contribution in [-0.4, -0.2) is 29.3 Å². The molecule has 0 spiro atoms. The molecule has 0 aromatic heterocycles. The third-order valence-electron chi connectivity index (χ3n) is 11.1. The number of fused-ring (bicyclic) bond motifs is 5. The highest BCUT2D eigenvalue weighted by Crippen LogP contribution is 2.67. The molecule has 0 saturated heterocycles. The summed E-state index contributed by atoms with van der Waals surface area (Å²) in [5.74, 6) is 4.66. The van der Waals surface area contributed by atoms with Gasteiger partial charge in [-0.05, 0) is 104 Å². The van der Waals surface area contributed by atoms with Crippen LogP contribution in [0.2, 0.25) is 0 Å². The normalized spacial score (nSPS) is 52.1. The third-order valence-corrected chi connectivity index (χ3v) is 11.1. The molecule has 4 aliphatic carbocycles. The number of aliphatic hydroxyl groups excluding tert-OH is 1. The first-order valence-electron chi connectivity index (χ1n) is 13.0. The van der Waals surface area contributed by atoms with Crippen LogP contribution in [0.1, 0.15) is 91.9 Å². The highest BCUT2D eigenvalue weighted by molar-refractivity contribution is 5.87. The van der Waals surface area contributed by atoms with Crippen molar-refractivity contribution in [2.24, 2.45) is 57.2 Å². The summed E-state index contributed by atoms with van der Waals surface area (Å²) in [5.41, 5.74) is 2.01. The van der Waals surface area contributed by atoms with Gasteiger partial charge in [0.2, 0.25) is 0 Å². The molecule has 4 saturated carbocycles. The number of carbonyl (C=O) groups excluding carboxylic acids is 1. The summed E-state index contributed by atoms with van der Waals surface area (Å²) in [6.07, 6.45) is 11.0. The van der Waals surface area contributed by atoms with Gasteiger partial charge in [0.05, 0.1) is 6.10 Å². The first kappa shape index (κ1) is 21.2. The maximum Gasteiger partial charge on any atom is 0.136 e. The van der Waals surface area contributed by atoms with Crippen molar-refractivity contribution in [3.8, 4) is 0 Å². The van der Waals surface area contributed by atoms with Crippen LogP contribution in [0.4, 0.5) is 0 Å². The fourth-order valence-electron chi connectivity index (χ4n) is 9.32. The van der Waals surface area contributed by atoms with Crippen LogP contribution in [0.5, 0.6) is 0 Å². The maximum absolute atomic E-state index is 13.3. The summed E-state index contributed by atoms with van der Waals surface area (Å²) >= 11 is 0. The first-order chi connectivity index (χ1) is 14.2. The van der Waals surface area contributed by atoms with Crippen molar-refractivity contribution in [3.63, 3.8) is 0 Å². The lowest BCUT2D eigenvalue weighted by molar-refractivity contribution is -0.159. The lowest BCUT2D eigenvalue weighted by atomic mass is 9.44. The number of hydrogen-bond donors (Lipinski definition) is 1. The number of aliphatic hydroxyl groups is 1. The number of Topliss-reactive ketones (excluding diaryl/α,β-unsaturated/α-hetero) is 1. The molecule has 0 aromatic carbocycles. The molecule has 3 heteroatoms. The van der Waals surface area contributed by atoms with Crippen LogP contribution in [0.25, 0.3) is 0 Å². The molecular weight excluding hydrogens is 370 g/mol. The minimum atomic E-state index is -0.256. The van der Waals surface area contributed by atoms with E-state index in [9.17, 15) is 9.90 Å². The Bertz CT molecular complexity index is 730. The van der Waals surface area contributed by atoms with Crippen LogP contribution < -0.4 is 0 Å². The Kier molecular flexibility index (Phi) is 5.24. The van der Waals surface area contributed by atoms with Gasteiger partial charge in [-0.1, -0.05) is 27.7 Å². The molecule has 0 radical (unpaired) electrons. The average Bonchev–Trinajstić information content (AvgIpc) is 3.07. The second-order valence-electron chi connectivity index (χ2n) is 12.5. The zero-order chi connectivity index (χ0) is 21.3. The molecule has 1 aliphatic heterocycles. The number of hydrogen-bond acceptors (Lipinski definition) is 3. The Morgan fingerprint density at radius 2 is 1.77 bits per heavy atom. The molecule has 4 fully saturated rings. The van der Waals surface area contributed by atoms with Crippen molar-refractivity contribution in [2.45, 2.75) is 98.0 Å². The van der Waals surface area contributed by atoms with Crippen molar-refractivity contribution in [1.29, 1.82) is 0 Å². The van der Waals surface area contributed by atoms with Gasteiger partial charge in [-0.3, -0.25) is 9.79 Å². The fourth-order valence-corrected chi connectivity index (χ4v) is 9.32. The molecule has 5 aliphatic rings. The molecule has 1 heterocycles. The van der Waals surface area contributed by atoms with Crippen molar-refractivity contribution >= 4 is 11.5 Å². The van der Waals surface area contributed by atoms with Crippen LogP contribution in [0.3, 0.4) is 0 Å². The summed E-state index contributed by atoms with van der Waals surface area (Å²) in [4.78, 5) is 18.3. The zero-order valence-electron chi connectivity index (χ0n) is 19.7. The number of nitrogens with zero attached hydrogens (tertiary/aromatic N) is 1. The van der Waals surface area contributed by atoms with Gasteiger partial charge in [-0.2, -0.15) is 0 Å². The number of aliphatic imine (C=N–C) groups is 1. The lowest BCUT2D eigenvalue weighted by Crippen LogP contribution is -2.57. The minimum absolute atomic E-state index is 0.113. The van der Waals surface area contributed by atoms with E-state index in [1.807, 2.05) is 0 Å². The molecule has 0 bridgehead atoms. The Morgan fingerprint density at radius 1 is 1.03 bits per heavy atom. The molecule has 30 heavy (non-hydrogen) atoms. The van der Waals surface area contributed by atoms with Crippen LogP contribution >= 0.6 is 0 Å². The Labute approximate surface area is 183 Å². The highest BCUT2D eigenvalue weighted by Gasteiger charge is 2.62. The van der Waals surface area contributed by atoms with Crippen molar-refractivity contribution in [3.05, 3.63) is 0 Å². The summed E-state index contributed by atoms with van der Waals surface area (Å²) in [5, 5.41) is 10.2. The Balaban J connectivity index is 1.39. The minimum Gasteiger partial charge on any atom is -0.393 e. The van der Waals surface area contributed by atoms with Crippen molar-refractivity contribution in [2.75, 3.05) is 6.54 Å². The summed E-state index contributed by atoms with van der Waals surface area (Å²) < 4.78 is 0. The van der Waals surface area contributed by atoms with Crippen LogP contribution in [0, 0.1) is 52.3 Å². The second-order valence-corrected chi connectivity index (χ2v) is 12.5. The van der Waals surface area contributed by atoms with Gasteiger partial charge in [0, 0.05) is 24.6 Å². The average molecular weight is 414 g/mol. The molecule has 3 nitrogen and oxygen atoms in total. The summed E-state index contributed by atoms with van der Waals surface area (Å²) in [6, 6.07) is 0. The smallest absolute Gasteiger partial charge is 0.136 e. The predicted octanol–water partition coefficient (Wildman–Crippen LogP) is 5.69. The van der Waals surface area contributed by atoms with E-state index in [0.29, 0.717) is 34.9 Å². The monoisotopic (exact) mass is 413 g/mol. The molecule has 168 valence electrons. The fraction of sp³-hybridized carbons (Fsp3) is 0.926. The number of rotatable bonds is 2. The number of carbonyl (C=O) groups is 1. The second kappa shape index (κ2) is 7.42. The van der Waals surface area contributed by atoms with E-state index >= 15 is 0 Å². The van der Waals surface area contributed by atoms with Gasteiger partial charge < -0.3 is 5.11 Å². The Hall–Kier alpha value is -0.700. The van der Waals surface area contributed by atoms with E-state index < -0.39 is 0 Å². The van der Waals surface area contributed by atoms with E-state index in [0.717, 1.165) is 44.1 Å². The SMILES string of the molecule is CC1CCC(C(C)[C@H]2CCC3C4CC(=O)C5C[C@@H](O)CC[C@]5(C)C4CC[C@@]32C)=NC1. The predicted molar refractivity (Wildman–Crippen MR) is 121 cm³/mol. The van der Waals surface area contributed by atoms with Crippen molar-refractivity contribution < 1.29 is 9.90 Å². The summed E-state index contributed by atoms with van der Waals surface area (Å²) in [7, 11) is 0. The van der Waals surface area contributed by atoms with E-state index in [2.05, 4.69) is 27.7 Å². The molecule has 10 atom stereocenters. The highest BCUT2D eigenvalue weighted by atomic mass is 16.3. The van der Waals surface area contributed by atoms with Gasteiger partial charge in [0.1, 0.15) is 5.78 Å². The maximum atomic E-state index is 13.3. The van der Waals surface area contributed by atoms with Gasteiger partial charge >= 0.3 is 0 Å². The summed E-state index contributed by atoms with van der Waals surface area (Å²) in [6.45, 7) is 10.8. The van der Waals surface area contributed by atoms with Crippen LogP contribution in [0.15, 0.2) is 4.99 Å². The van der Waals surface area contributed by atoms with Gasteiger partial charge in [-0.25, -0.2) is 0 Å². The van der Waals surface area contributed by atoms with E-state index in [1.165, 1.54) is 44.2 Å². The molecule has 1 N–H and O–H groups in total. The quantitative estimate of drug-likeness (QED) is 0.632. The molecule has 0 amide bonds. The standard InChI is InChI=1S/C27H43NO2/c1-16-5-8-24(28-15-16)17(2)20-6-7-21-19-14-25(30)23-13-18(29)9-11-27(23,4)22(19)10-12-26(20,21)3/h16-23,29H,5-15H2,1-4H3/t16?,17?,18-,19?,20+,21?,22?,23?,26+,27+/m0/s1. The first-order valence-corrected chi connectivity index (χ1v) is 13.0. The van der Waals surface area contributed by atoms with Gasteiger partial charge in [-0.15, -0.1) is 0 Å². The molecule has 0 aromatic rings. The van der Waals surface area contributed by atoms with Crippen LogP contribution in [-0.2, 0) is 4.79 Å². The lowest BCUT2D eigenvalue weighted by Gasteiger charge is -2.60. The van der Waals surface area contributed by atoms with E-state index in [1.54, 1.807) is 0 Å². The van der Waals surface area contributed by atoms with Gasteiger partial charge in [0.25, 0.3) is 0 Å². The number of ketones is 1. The van der Waals surface area contributed by atoms with E-state index in [4.69, 9.17) is 4.99 Å². The van der Waals surface area contributed by atoms with Crippen molar-refractivity contribution in [1.82, 2.24) is 0 Å². The largest absolute Gasteiger partial charge is 0.393 e. The zero-order valence-corrected chi connectivity index (χ0v) is 19.7. The van der Waals surface area contributed by atoms with Gasteiger partial charge in [0.15, 0.2) is 0 Å². The molecule has 5 rings (SSSR count). The van der Waals surface area contributed by atoms with E-state index in [-0.39, 0.29) is 17.4 Å². The topological polar surface area (TPSA) is 49.7 Å².